The lowest BCUT2D eigenvalue weighted by Gasteiger charge is -2.13. The van der Waals surface area contributed by atoms with E-state index >= 15 is 0 Å². The van der Waals surface area contributed by atoms with E-state index in [0.717, 1.165) is 17.7 Å². The number of Topliss-reactive ketones (excluding diaryl/α,β-unsaturated/α-hetero) is 1. The highest BCUT2D eigenvalue weighted by molar-refractivity contribution is 5.98. The van der Waals surface area contributed by atoms with Crippen molar-refractivity contribution in [1.29, 1.82) is 0 Å². The van der Waals surface area contributed by atoms with Crippen LogP contribution >= 0.6 is 0 Å². The number of carbonyl (C=O) groups excluding carboxylic acids is 1. The van der Waals surface area contributed by atoms with E-state index in [-0.39, 0.29) is 11.8 Å². The molecule has 1 aromatic carbocycles. The van der Waals surface area contributed by atoms with Gasteiger partial charge in [-0.1, -0.05) is 13.0 Å². The molecule has 2 nitrogen and oxygen atoms in total. The molecule has 0 aromatic heterocycles. The molecule has 1 rings (SSSR count). The van der Waals surface area contributed by atoms with E-state index in [1.807, 2.05) is 13.0 Å². The molecule has 0 saturated heterocycles. The Balaban J connectivity index is 2.86. The number of carbonyl (C=O) groups is 1. The van der Waals surface area contributed by atoms with Crippen molar-refractivity contribution in [3.63, 3.8) is 0 Å². The largest absolute Gasteiger partial charge is 0.314 e. The van der Waals surface area contributed by atoms with Gasteiger partial charge in [0.15, 0.2) is 5.78 Å². The molecule has 0 amide bonds. The first kappa shape index (κ1) is 13.9. The summed E-state index contributed by atoms with van der Waals surface area (Å²) in [6.45, 7) is 11.2. The minimum Gasteiger partial charge on any atom is -0.314 e. The maximum atomic E-state index is 12.2. The highest BCUT2D eigenvalue weighted by Gasteiger charge is 2.13. The van der Waals surface area contributed by atoms with Gasteiger partial charge in [-0.3, -0.25) is 4.79 Å². The number of hydrogen-bond donors (Lipinski definition) is 1. The molecule has 0 aliphatic carbocycles. The van der Waals surface area contributed by atoms with Gasteiger partial charge in [-0.05, 0) is 57.0 Å². The molecule has 0 spiro atoms. The van der Waals surface area contributed by atoms with Crippen molar-refractivity contribution in [1.82, 2.24) is 5.32 Å². The summed E-state index contributed by atoms with van der Waals surface area (Å²) in [4.78, 5) is 12.2. The molecule has 17 heavy (non-hydrogen) atoms. The predicted molar refractivity (Wildman–Crippen MR) is 72.7 cm³/mol. The Kier molecular flexibility index (Phi) is 4.88. The second-order valence-electron chi connectivity index (χ2n) is 4.84. The molecule has 0 fully saturated rings. The number of aryl methyl sites for hydroxylation is 3. The van der Waals surface area contributed by atoms with Crippen molar-refractivity contribution < 1.29 is 4.79 Å². The minimum absolute atomic E-state index is 0.235. The maximum Gasteiger partial charge on any atom is 0.164 e. The first-order valence-electron chi connectivity index (χ1n) is 6.30. The number of benzene rings is 1. The van der Waals surface area contributed by atoms with Crippen LogP contribution in [0.2, 0.25) is 0 Å². The van der Waals surface area contributed by atoms with Crippen molar-refractivity contribution in [3.8, 4) is 0 Å². The summed E-state index contributed by atoms with van der Waals surface area (Å²) in [5.74, 6) is 0.235. The fraction of sp³-hybridized carbons (Fsp3) is 0.533. The summed E-state index contributed by atoms with van der Waals surface area (Å²) in [6, 6.07) is 4.36. The molecule has 2 heteroatoms. The summed E-state index contributed by atoms with van der Waals surface area (Å²) in [6.07, 6.45) is 0.567. The molecule has 1 atom stereocenters. The highest BCUT2D eigenvalue weighted by atomic mass is 16.1. The van der Waals surface area contributed by atoms with Crippen LogP contribution in [0.1, 0.15) is 47.3 Å². The van der Waals surface area contributed by atoms with Gasteiger partial charge < -0.3 is 5.32 Å². The van der Waals surface area contributed by atoms with Crippen LogP contribution in [0.25, 0.3) is 0 Å². The molecule has 1 aromatic rings. The molecule has 94 valence electrons. The zero-order valence-corrected chi connectivity index (χ0v) is 11.6. The Morgan fingerprint density at radius 1 is 1.18 bits per heavy atom. The van der Waals surface area contributed by atoms with E-state index in [4.69, 9.17) is 0 Å². The van der Waals surface area contributed by atoms with E-state index in [2.05, 4.69) is 39.1 Å². The smallest absolute Gasteiger partial charge is 0.164 e. The number of ketones is 1. The van der Waals surface area contributed by atoms with Crippen LogP contribution in [0.3, 0.4) is 0 Å². The Bertz CT molecular complexity index is 410. The molecule has 0 heterocycles. The standard InChI is InChI=1S/C15H23NO/c1-6-16-13(5)9-15(17)14-8-11(3)10(2)7-12(14)4/h7-8,13,16H,6,9H2,1-5H3. The van der Waals surface area contributed by atoms with E-state index in [9.17, 15) is 4.79 Å². The summed E-state index contributed by atoms with van der Waals surface area (Å²) >= 11 is 0. The fourth-order valence-electron chi connectivity index (χ4n) is 2.07. The van der Waals surface area contributed by atoms with E-state index < -0.39 is 0 Å². The van der Waals surface area contributed by atoms with Crippen molar-refractivity contribution in [2.75, 3.05) is 6.54 Å². The van der Waals surface area contributed by atoms with Gasteiger partial charge in [-0.25, -0.2) is 0 Å². The second kappa shape index (κ2) is 5.97. The predicted octanol–water partition coefficient (Wildman–Crippen LogP) is 3.18. The zero-order valence-electron chi connectivity index (χ0n) is 11.6. The van der Waals surface area contributed by atoms with E-state index in [1.54, 1.807) is 0 Å². The van der Waals surface area contributed by atoms with Crippen LogP contribution in [0.15, 0.2) is 12.1 Å². The Morgan fingerprint density at radius 2 is 1.76 bits per heavy atom. The van der Waals surface area contributed by atoms with Crippen molar-refractivity contribution in [2.24, 2.45) is 0 Å². The molecule has 0 saturated carbocycles. The third-order valence-electron chi connectivity index (χ3n) is 3.19. The van der Waals surface area contributed by atoms with Gasteiger partial charge in [0, 0.05) is 18.0 Å². The average molecular weight is 233 g/mol. The Hall–Kier alpha value is -1.15. The van der Waals surface area contributed by atoms with Crippen LogP contribution in [-0.4, -0.2) is 18.4 Å². The molecule has 0 aliphatic rings. The quantitative estimate of drug-likeness (QED) is 0.791. The monoisotopic (exact) mass is 233 g/mol. The second-order valence-corrected chi connectivity index (χ2v) is 4.84. The lowest BCUT2D eigenvalue weighted by Crippen LogP contribution is -2.28. The molecular weight excluding hydrogens is 210 g/mol. The first-order valence-corrected chi connectivity index (χ1v) is 6.30. The van der Waals surface area contributed by atoms with Gasteiger partial charge in [0.2, 0.25) is 0 Å². The van der Waals surface area contributed by atoms with Gasteiger partial charge in [-0.2, -0.15) is 0 Å². The van der Waals surface area contributed by atoms with Crippen molar-refractivity contribution in [2.45, 2.75) is 47.1 Å². The summed E-state index contributed by atoms with van der Waals surface area (Å²) in [7, 11) is 0. The lowest BCUT2D eigenvalue weighted by atomic mass is 9.95. The normalized spacial score (nSPS) is 12.5. The zero-order chi connectivity index (χ0) is 13.0. The van der Waals surface area contributed by atoms with Gasteiger partial charge in [-0.15, -0.1) is 0 Å². The minimum atomic E-state index is 0.235. The van der Waals surface area contributed by atoms with Crippen LogP contribution in [0.4, 0.5) is 0 Å². The molecule has 1 unspecified atom stereocenters. The van der Waals surface area contributed by atoms with Gasteiger partial charge in [0.05, 0.1) is 0 Å². The molecule has 0 radical (unpaired) electrons. The number of nitrogens with one attached hydrogen (secondary N) is 1. The Labute approximate surface area is 104 Å². The first-order chi connectivity index (χ1) is 7.95. The van der Waals surface area contributed by atoms with Crippen LogP contribution in [-0.2, 0) is 0 Å². The van der Waals surface area contributed by atoms with Crippen LogP contribution in [0.5, 0.6) is 0 Å². The van der Waals surface area contributed by atoms with Crippen molar-refractivity contribution >= 4 is 5.78 Å². The molecular formula is C15H23NO. The van der Waals surface area contributed by atoms with E-state index in [1.165, 1.54) is 11.1 Å². The highest BCUT2D eigenvalue weighted by Crippen LogP contribution is 2.17. The van der Waals surface area contributed by atoms with Gasteiger partial charge in [0.1, 0.15) is 0 Å². The lowest BCUT2D eigenvalue weighted by molar-refractivity contribution is 0.0971. The topological polar surface area (TPSA) is 29.1 Å². The van der Waals surface area contributed by atoms with Crippen LogP contribution in [0, 0.1) is 20.8 Å². The summed E-state index contributed by atoms with van der Waals surface area (Å²) in [5, 5.41) is 3.27. The third-order valence-corrected chi connectivity index (χ3v) is 3.19. The van der Waals surface area contributed by atoms with Gasteiger partial charge >= 0.3 is 0 Å². The maximum absolute atomic E-state index is 12.2. The fourth-order valence-corrected chi connectivity index (χ4v) is 2.07. The third kappa shape index (κ3) is 3.67. The van der Waals surface area contributed by atoms with E-state index in [0.29, 0.717) is 6.42 Å². The number of hydrogen-bond acceptors (Lipinski definition) is 2. The molecule has 0 bridgehead atoms. The average Bonchev–Trinajstić information content (AvgIpc) is 2.23. The molecule has 1 N–H and O–H groups in total. The SMILES string of the molecule is CCNC(C)CC(=O)c1cc(C)c(C)cc1C. The van der Waals surface area contributed by atoms with Gasteiger partial charge in [0.25, 0.3) is 0 Å². The summed E-state index contributed by atoms with van der Waals surface area (Å²) < 4.78 is 0. The summed E-state index contributed by atoms with van der Waals surface area (Å²) in [5.41, 5.74) is 4.40. The van der Waals surface area contributed by atoms with Crippen LogP contribution < -0.4 is 5.32 Å². The Morgan fingerprint density at radius 3 is 2.35 bits per heavy atom. The molecule has 0 aliphatic heterocycles. The number of rotatable bonds is 5. The van der Waals surface area contributed by atoms with Crippen molar-refractivity contribution in [3.05, 3.63) is 34.4 Å².